The Morgan fingerprint density at radius 2 is 2.36 bits per heavy atom. The average Bonchev–Trinajstić information content (AvgIpc) is 3.12. The Balaban J connectivity index is 1.78. The third-order valence-corrected chi connectivity index (χ3v) is 3.09. The molecule has 0 saturated carbocycles. The van der Waals surface area contributed by atoms with Crippen molar-refractivity contribution < 1.29 is 14.4 Å². The molecule has 9 heteroatoms. The van der Waals surface area contributed by atoms with Crippen molar-refractivity contribution in [3.63, 3.8) is 0 Å². The van der Waals surface area contributed by atoms with Crippen molar-refractivity contribution in [2.24, 2.45) is 0 Å². The third kappa shape index (κ3) is 2.97. The van der Waals surface area contributed by atoms with Gasteiger partial charge in [-0.25, -0.2) is 15.1 Å². The van der Waals surface area contributed by atoms with Crippen LogP contribution in [-0.4, -0.2) is 31.1 Å². The Bertz CT molecular complexity index is 854. The number of hydrogen-bond donors (Lipinski definition) is 2. The summed E-state index contributed by atoms with van der Waals surface area (Å²) in [6, 6.07) is 5.30. The molecule has 0 radical (unpaired) electrons. The van der Waals surface area contributed by atoms with Crippen molar-refractivity contribution in [1.82, 2.24) is 25.5 Å². The minimum absolute atomic E-state index is 0.276. The molecule has 3 rings (SSSR count). The van der Waals surface area contributed by atoms with E-state index >= 15 is 0 Å². The topological polar surface area (TPSA) is 106 Å². The molecule has 0 atom stereocenters. The van der Waals surface area contributed by atoms with Crippen LogP contribution in [-0.2, 0) is 11.3 Å². The number of benzene rings is 1. The molecule has 2 heterocycles. The lowest BCUT2D eigenvalue weighted by Crippen LogP contribution is -2.14. The van der Waals surface area contributed by atoms with E-state index in [1.165, 1.54) is 16.2 Å². The summed E-state index contributed by atoms with van der Waals surface area (Å²) in [5.74, 6) is -0.209. The molecule has 0 spiro atoms. The lowest BCUT2D eigenvalue weighted by Gasteiger charge is -1.93. The van der Waals surface area contributed by atoms with Crippen molar-refractivity contribution in [3.05, 3.63) is 47.1 Å². The number of hydroxylamine groups is 1. The lowest BCUT2D eigenvalue weighted by atomic mass is 10.3. The van der Waals surface area contributed by atoms with Gasteiger partial charge in [-0.2, -0.15) is 0 Å². The number of hydrogen-bond acceptors (Lipinski definition) is 6. The van der Waals surface area contributed by atoms with E-state index in [4.69, 9.17) is 21.2 Å². The maximum Gasteiger partial charge on any atom is 0.267 e. The van der Waals surface area contributed by atoms with Crippen LogP contribution in [0.3, 0.4) is 0 Å². The molecule has 0 saturated heterocycles. The highest BCUT2D eigenvalue weighted by molar-refractivity contribution is 6.34. The van der Waals surface area contributed by atoms with Gasteiger partial charge in [0.25, 0.3) is 5.91 Å². The molecule has 112 valence electrons. The molecule has 0 aliphatic rings. The summed E-state index contributed by atoms with van der Waals surface area (Å²) in [6.45, 7) is 0.276. The molecule has 0 bridgehead atoms. The van der Waals surface area contributed by atoms with Gasteiger partial charge >= 0.3 is 0 Å². The van der Waals surface area contributed by atoms with E-state index in [2.05, 4.69) is 15.3 Å². The number of fused-ring (bicyclic) bond motifs is 1. The highest BCUT2D eigenvalue weighted by Gasteiger charge is 2.10. The molecule has 1 amide bonds. The summed E-state index contributed by atoms with van der Waals surface area (Å²) in [4.78, 5) is 15.2. The summed E-state index contributed by atoms with van der Waals surface area (Å²) in [5, 5.41) is 16.7. The van der Waals surface area contributed by atoms with Crippen LogP contribution >= 0.6 is 11.6 Å². The zero-order valence-corrected chi connectivity index (χ0v) is 11.9. The van der Waals surface area contributed by atoms with Gasteiger partial charge in [0.2, 0.25) is 5.89 Å². The van der Waals surface area contributed by atoms with Crippen LogP contribution < -0.4 is 5.48 Å². The van der Waals surface area contributed by atoms with Crippen LogP contribution in [0.2, 0.25) is 5.02 Å². The van der Waals surface area contributed by atoms with Gasteiger partial charge in [0, 0.05) is 6.08 Å². The predicted molar refractivity (Wildman–Crippen MR) is 77.1 cm³/mol. The zero-order valence-electron chi connectivity index (χ0n) is 11.1. The van der Waals surface area contributed by atoms with Crippen LogP contribution in [0.4, 0.5) is 0 Å². The molecule has 2 N–H and O–H groups in total. The van der Waals surface area contributed by atoms with Crippen LogP contribution in [0.25, 0.3) is 17.2 Å². The fraction of sp³-hybridized carbons (Fsp3) is 0.0769. The van der Waals surface area contributed by atoms with Crippen LogP contribution in [0.15, 0.2) is 34.9 Å². The van der Waals surface area contributed by atoms with Crippen molar-refractivity contribution in [2.45, 2.75) is 6.54 Å². The van der Waals surface area contributed by atoms with Gasteiger partial charge in [-0.3, -0.25) is 10.0 Å². The van der Waals surface area contributed by atoms with E-state index in [0.29, 0.717) is 27.7 Å². The lowest BCUT2D eigenvalue weighted by molar-refractivity contribution is -0.124. The Kier molecular flexibility index (Phi) is 3.86. The molecule has 0 fully saturated rings. The monoisotopic (exact) mass is 319 g/mol. The number of nitrogens with one attached hydrogen (secondary N) is 1. The fourth-order valence-corrected chi connectivity index (χ4v) is 2.04. The molecular weight excluding hydrogens is 310 g/mol. The number of aromatic nitrogens is 4. The number of para-hydroxylation sites is 1. The fourth-order valence-electron chi connectivity index (χ4n) is 1.83. The molecule has 0 unspecified atom stereocenters. The summed E-state index contributed by atoms with van der Waals surface area (Å²) in [7, 11) is 0. The maximum atomic E-state index is 10.9. The minimum atomic E-state index is -0.650. The molecule has 3 aromatic rings. The summed E-state index contributed by atoms with van der Waals surface area (Å²) in [5.41, 5.74) is 3.14. The molecule has 0 aliphatic carbocycles. The van der Waals surface area contributed by atoms with E-state index in [0.717, 1.165) is 6.08 Å². The SMILES string of the molecule is O=C(C=Cc1cn(Cc2nc3c(Cl)cccc3o2)nn1)NO. The second kappa shape index (κ2) is 5.96. The normalized spacial score (nSPS) is 11.4. The first-order valence-electron chi connectivity index (χ1n) is 6.22. The largest absolute Gasteiger partial charge is 0.439 e. The quantitative estimate of drug-likeness (QED) is 0.430. The van der Waals surface area contributed by atoms with Crippen LogP contribution in [0.1, 0.15) is 11.6 Å². The van der Waals surface area contributed by atoms with Crippen molar-refractivity contribution >= 4 is 34.7 Å². The average molecular weight is 320 g/mol. The van der Waals surface area contributed by atoms with Crippen molar-refractivity contribution in [1.29, 1.82) is 0 Å². The number of halogens is 1. The molecule has 2 aromatic heterocycles. The Morgan fingerprint density at radius 3 is 3.14 bits per heavy atom. The highest BCUT2D eigenvalue weighted by Crippen LogP contribution is 2.23. The molecule has 8 nitrogen and oxygen atoms in total. The minimum Gasteiger partial charge on any atom is -0.439 e. The van der Waals surface area contributed by atoms with Crippen LogP contribution in [0.5, 0.6) is 0 Å². The highest BCUT2D eigenvalue weighted by atomic mass is 35.5. The molecule has 22 heavy (non-hydrogen) atoms. The summed E-state index contributed by atoms with van der Waals surface area (Å²) < 4.78 is 7.09. The molecule has 0 aliphatic heterocycles. The van der Waals surface area contributed by atoms with Crippen LogP contribution in [0, 0.1) is 0 Å². The van der Waals surface area contributed by atoms with Crippen molar-refractivity contribution in [3.8, 4) is 0 Å². The van der Waals surface area contributed by atoms with E-state index in [1.807, 2.05) is 0 Å². The van der Waals surface area contributed by atoms with Gasteiger partial charge in [-0.1, -0.05) is 22.9 Å². The Morgan fingerprint density at radius 1 is 1.50 bits per heavy atom. The van der Waals surface area contributed by atoms with Gasteiger partial charge in [0.05, 0.1) is 11.2 Å². The zero-order chi connectivity index (χ0) is 15.5. The van der Waals surface area contributed by atoms with Gasteiger partial charge in [0.1, 0.15) is 17.8 Å². The first-order valence-corrected chi connectivity index (χ1v) is 6.60. The number of carbonyl (C=O) groups excluding carboxylic acids is 1. The number of rotatable bonds is 4. The third-order valence-electron chi connectivity index (χ3n) is 2.78. The summed E-state index contributed by atoms with van der Waals surface area (Å²) >= 11 is 6.04. The van der Waals surface area contributed by atoms with E-state index in [9.17, 15) is 4.79 Å². The smallest absolute Gasteiger partial charge is 0.267 e. The Hall–Kier alpha value is -2.71. The summed E-state index contributed by atoms with van der Waals surface area (Å²) in [6.07, 6.45) is 4.16. The first-order chi connectivity index (χ1) is 10.7. The number of nitrogens with zero attached hydrogens (tertiary/aromatic N) is 4. The second-order valence-corrected chi connectivity index (χ2v) is 4.75. The van der Waals surface area contributed by atoms with Gasteiger partial charge < -0.3 is 4.42 Å². The molecule has 1 aromatic carbocycles. The number of oxazole rings is 1. The van der Waals surface area contributed by atoms with E-state index < -0.39 is 5.91 Å². The first kappa shape index (κ1) is 14.2. The standard InChI is InChI=1S/C13H10ClN5O3/c14-9-2-1-3-10-13(9)15-12(22-10)7-19-6-8(16-18-19)4-5-11(20)17-21/h1-6,21H,7H2,(H,17,20). The van der Waals surface area contributed by atoms with Gasteiger partial charge in [-0.05, 0) is 18.2 Å². The van der Waals surface area contributed by atoms with Crippen molar-refractivity contribution in [2.75, 3.05) is 0 Å². The number of amides is 1. The van der Waals surface area contributed by atoms with E-state index in [1.54, 1.807) is 24.4 Å². The maximum absolute atomic E-state index is 10.9. The predicted octanol–water partition coefficient (Wildman–Crippen LogP) is 1.64. The Labute approximate surface area is 129 Å². The second-order valence-electron chi connectivity index (χ2n) is 4.34. The molecular formula is C13H10ClN5O3. The van der Waals surface area contributed by atoms with E-state index in [-0.39, 0.29) is 6.54 Å². The van der Waals surface area contributed by atoms with Gasteiger partial charge in [-0.15, -0.1) is 5.10 Å². The number of carbonyl (C=O) groups is 1. The van der Waals surface area contributed by atoms with Gasteiger partial charge in [0.15, 0.2) is 5.58 Å².